The molecule has 0 aliphatic heterocycles. The van der Waals surface area contributed by atoms with Gasteiger partial charge in [-0.1, -0.05) is 19.0 Å². The zero-order chi connectivity index (χ0) is 16.1. The summed E-state index contributed by atoms with van der Waals surface area (Å²) in [5.41, 5.74) is 0.824. The van der Waals surface area contributed by atoms with E-state index in [0.717, 1.165) is 18.5 Å². The van der Waals surface area contributed by atoms with E-state index in [1.807, 2.05) is 0 Å². The van der Waals surface area contributed by atoms with Gasteiger partial charge in [-0.25, -0.2) is 0 Å². The van der Waals surface area contributed by atoms with Crippen molar-refractivity contribution in [3.63, 3.8) is 0 Å². The molecule has 22 heavy (non-hydrogen) atoms. The molecule has 1 aromatic heterocycles. The molecule has 1 aliphatic rings. The Kier molecular flexibility index (Phi) is 5.57. The summed E-state index contributed by atoms with van der Waals surface area (Å²) in [5, 5.41) is 15.9. The predicted octanol–water partition coefficient (Wildman–Crippen LogP) is 2.95. The molecule has 6 heteroatoms. The Morgan fingerprint density at radius 2 is 1.95 bits per heavy atom. The molecule has 0 unspecified atom stereocenters. The van der Waals surface area contributed by atoms with Crippen molar-refractivity contribution in [2.75, 3.05) is 0 Å². The lowest BCUT2D eigenvalue weighted by Crippen LogP contribution is -2.38. The molecule has 2 rings (SSSR count). The van der Waals surface area contributed by atoms with E-state index in [1.165, 1.54) is 0 Å². The van der Waals surface area contributed by atoms with Gasteiger partial charge in [-0.05, 0) is 38.5 Å². The SMILES string of the molecule is CCC(CC)c1cc(C(=O)NC2CCC(C(=O)O)CC2)on1. The zero-order valence-electron chi connectivity index (χ0n) is 13.2. The van der Waals surface area contributed by atoms with Crippen LogP contribution < -0.4 is 5.32 Å². The third kappa shape index (κ3) is 3.87. The molecule has 1 fully saturated rings. The maximum Gasteiger partial charge on any atom is 0.306 e. The highest BCUT2D eigenvalue weighted by Gasteiger charge is 2.27. The Hall–Kier alpha value is -1.85. The molecule has 0 radical (unpaired) electrons. The number of nitrogens with one attached hydrogen (secondary N) is 1. The highest BCUT2D eigenvalue weighted by Crippen LogP contribution is 2.25. The highest BCUT2D eigenvalue weighted by molar-refractivity contribution is 5.91. The van der Waals surface area contributed by atoms with Crippen molar-refractivity contribution in [3.8, 4) is 0 Å². The lowest BCUT2D eigenvalue weighted by Gasteiger charge is -2.26. The van der Waals surface area contributed by atoms with Gasteiger partial charge in [0.25, 0.3) is 5.91 Å². The van der Waals surface area contributed by atoms with Gasteiger partial charge in [0.05, 0.1) is 11.6 Å². The van der Waals surface area contributed by atoms with E-state index in [-0.39, 0.29) is 23.6 Å². The quantitative estimate of drug-likeness (QED) is 0.843. The van der Waals surface area contributed by atoms with Gasteiger partial charge in [-0.15, -0.1) is 0 Å². The first-order valence-electron chi connectivity index (χ1n) is 8.05. The van der Waals surface area contributed by atoms with Crippen LogP contribution in [0.3, 0.4) is 0 Å². The fourth-order valence-electron chi connectivity index (χ4n) is 3.04. The maximum atomic E-state index is 12.2. The van der Waals surface area contributed by atoms with Gasteiger partial charge in [0.1, 0.15) is 0 Å². The molecule has 0 saturated heterocycles. The zero-order valence-corrected chi connectivity index (χ0v) is 13.2. The van der Waals surface area contributed by atoms with Crippen LogP contribution in [0.15, 0.2) is 10.6 Å². The smallest absolute Gasteiger partial charge is 0.306 e. The van der Waals surface area contributed by atoms with Crippen LogP contribution in [-0.2, 0) is 4.79 Å². The van der Waals surface area contributed by atoms with E-state index in [1.54, 1.807) is 6.07 Å². The summed E-state index contributed by atoms with van der Waals surface area (Å²) in [6, 6.07) is 1.74. The minimum absolute atomic E-state index is 0.0183. The molecule has 1 aliphatic carbocycles. The summed E-state index contributed by atoms with van der Waals surface area (Å²) >= 11 is 0. The second-order valence-corrected chi connectivity index (χ2v) is 5.99. The minimum Gasteiger partial charge on any atom is -0.481 e. The van der Waals surface area contributed by atoms with Crippen molar-refractivity contribution in [2.24, 2.45) is 5.92 Å². The van der Waals surface area contributed by atoms with Crippen LogP contribution in [0, 0.1) is 5.92 Å². The van der Waals surface area contributed by atoms with Gasteiger partial charge in [-0.3, -0.25) is 9.59 Å². The molecule has 0 atom stereocenters. The Morgan fingerprint density at radius 3 is 2.50 bits per heavy atom. The van der Waals surface area contributed by atoms with E-state index >= 15 is 0 Å². The molecule has 1 aromatic rings. The number of aromatic nitrogens is 1. The number of hydrogen-bond acceptors (Lipinski definition) is 4. The predicted molar refractivity (Wildman–Crippen MR) is 80.7 cm³/mol. The van der Waals surface area contributed by atoms with Gasteiger partial charge in [0.2, 0.25) is 5.76 Å². The summed E-state index contributed by atoms with van der Waals surface area (Å²) in [4.78, 5) is 23.1. The average molecular weight is 308 g/mol. The monoisotopic (exact) mass is 308 g/mol. The molecule has 1 amide bonds. The number of carbonyl (C=O) groups is 2. The van der Waals surface area contributed by atoms with Crippen LogP contribution >= 0.6 is 0 Å². The van der Waals surface area contributed by atoms with Crippen molar-refractivity contribution < 1.29 is 19.2 Å². The van der Waals surface area contributed by atoms with E-state index in [9.17, 15) is 9.59 Å². The van der Waals surface area contributed by atoms with Crippen molar-refractivity contribution in [1.82, 2.24) is 10.5 Å². The minimum atomic E-state index is -0.741. The maximum absolute atomic E-state index is 12.2. The van der Waals surface area contributed by atoms with E-state index in [4.69, 9.17) is 9.63 Å². The summed E-state index contributed by atoms with van der Waals surface area (Å²) in [6.07, 6.45) is 4.52. The third-order valence-electron chi connectivity index (χ3n) is 4.57. The van der Waals surface area contributed by atoms with Crippen molar-refractivity contribution in [3.05, 3.63) is 17.5 Å². The summed E-state index contributed by atoms with van der Waals surface area (Å²) in [6.45, 7) is 4.17. The largest absolute Gasteiger partial charge is 0.481 e. The summed E-state index contributed by atoms with van der Waals surface area (Å²) in [7, 11) is 0. The van der Waals surface area contributed by atoms with E-state index in [2.05, 4.69) is 24.3 Å². The molecule has 2 N–H and O–H groups in total. The van der Waals surface area contributed by atoms with Crippen LogP contribution in [0.4, 0.5) is 0 Å². The van der Waals surface area contributed by atoms with Gasteiger partial charge in [0, 0.05) is 18.0 Å². The molecule has 122 valence electrons. The van der Waals surface area contributed by atoms with Gasteiger partial charge >= 0.3 is 5.97 Å². The van der Waals surface area contributed by atoms with Crippen molar-refractivity contribution >= 4 is 11.9 Å². The molecule has 0 aromatic carbocycles. The number of carbonyl (C=O) groups excluding carboxylic acids is 1. The molecule has 1 saturated carbocycles. The first-order valence-corrected chi connectivity index (χ1v) is 8.05. The third-order valence-corrected chi connectivity index (χ3v) is 4.57. The normalized spacial score (nSPS) is 21.8. The summed E-state index contributed by atoms with van der Waals surface area (Å²) in [5.74, 6) is -0.725. The first-order chi connectivity index (χ1) is 10.5. The topological polar surface area (TPSA) is 92.4 Å². The number of carboxylic acid groups (broad SMARTS) is 1. The summed E-state index contributed by atoms with van der Waals surface area (Å²) < 4.78 is 5.16. The Balaban J connectivity index is 1.89. The number of hydrogen-bond donors (Lipinski definition) is 2. The lowest BCUT2D eigenvalue weighted by molar-refractivity contribution is -0.142. The molecular weight excluding hydrogens is 284 g/mol. The Bertz CT molecular complexity index is 514. The first kappa shape index (κ1) is 16.5. The fourth-order valence-corrected chi connectivity index (χ4v) is 3.04. The van der Waals surface area contributed by atoms with Crippen LogP contribution in [0.2, 0.25) is 0 Å². The van der Waals surface area contributed by atoms with E-state index in [0.29, 0.717) is 31.6 Å². The van der Waals surface area contributed by atoms with E-state index < -0.39 is 5.97 Å². The van der Waals surface area contributed by atoms with Crippen molar-refractivity contribution in [2.45, 2.75) is 64.3 Å². The number of rotatable bonds is 6. The van der Waals surface area contributed by atoms with Gasteiger partial charge in [0.15, 0.2) is 0 Å². The second-order valence-electron chi connectivity index (χ2n) is 5.99. The van der Waals surface area contributed by atoms with Gasteiger partial charge < -0.3 is 14.9 Å². The van der Waals surface area contributed by atoms with Crippen LogP contribution in [0.25, 0.3) is 0 Å². The molecule has 0 bridgehead atoms. The Labute approximate surface area is 130 Å². The number of carboxylic acids is 1. The van der Waals surface area contributed by atoms with Gasteiger partial charge in [-0.2, -0.15) is 0 Å². The van der Waals surface area contributed by atoms with Crippen LogP contribution in [0.1, 0.15) is 74.5 Å². The van der Waals surface area contributed by atoms with Crippen LogP contribution in [-0.4, -0.2) is 28.2 Å². The molecular formula is C16H24N2O4. The standard InChI is InChI=1S/C16H24N2O4/c1-3-10(4-2)13-9-14(22-18-13)15(19)17-12-7-5-11(6-8-12)16(20)21/h9-12H,3-8H2,1-2H3,(H,17,19)(H,20,21). The number of amides is 1. The molecule has 0 spiro atoms. The number of nitrogens with zero attached hydrogens (tertiary/aromatic N) is 1. The van der Waals surface area contributed by atoms with Crippen LogP contribution in [0.5, 0.6) is 0 Å². The number of aliphatic carboxylic acids is 1. The second kappa shape index (κ2) is 7.42. The highest BCUT2D eigenvalue weighted by atomic mass is 16.5. The average Bonchev–Trinajstić information content (AvgIpc) is 2.99. The van der Waals surface area contributed by atoms with Crippen molar-refractivity contribution in [1.29, 1.82) is 0 Å². The fraction of sp³-hybridized carbons (Fsp3) is 0.688. The Morgan fingerprint density at radius 1 is 1.32 bits per heavy atom. The molecule has 6 nitrogen and oxygen atoms in total. The molecule has 1 heterocycles. The lowest BCUT2D eigenvalue weighted by atomic mass is 9.86.